The van der Waals surface area contributed by atoms with Gasteiger partial charge in [0.15, 0.2) is 11.5 Å². The summed E-state index contributed by atoms with van der Waals surface area (Å²) in [6.45, 7) is 4.12. The van der Waals surface area contributed by atoms with E-state index in [1.807, 2.05) is 4.68 Å². The van der Waals surface area contributed by atoms with Crippen LogP contribution in [0.5, 0.6) is 11.5 Å². The number of nitrogens with zero attached hydrogens (tertiary/aromatic N) is 2. The van der Waals surface area contributed by atoms with E-state index in [4.69, 9.17) is 14.6 Å². The highest BCUT2D eigenvalue weighted by atomic mass is 32.2. The molecule has 1 amide bonds. The first-order valence-corrected chi connectivity index (χ1v) is 10.5. The van der Waals surface area contributed by atoms with E-state index in [1.54, 1.807) is 44.2 Å². The lowest BCUT2D eigenvalue weighted by Crippen LogP contribution is -2.16. The first-order valence-electron chi connectivity index (χ1n) is 9.30. The van der Waals surface area contributed by atoms with E-state index in [0.717, 1.165) is 45.4 Å². The van der Waals surface area contributed by atoms with Crippen molar-refractivity contribution in [3.63, 3.8) is 0 Å². The predicted molar refractivity (Wildman–Crippen MR) is 116 cm³/mol. The van der Waals surface area contributed by atoms with Crippen LogP contribution in [-0.4, -0.2) is 29.9 Å². The number of fused-ring (bicyclic) bond motifs is 1. The average Bonchev–Trinajstić information content (AvgIpc) is 3.29. The van der Waals surface area contributed by atoms with Gasteiger partial charge in [0.25, 0.3) is 5.91 Å². The Bertz CT molecular complexity index is 1070. The SMILES string of the molecule is COc1ccc(C(=O)Nc2c3c(nn2-c2cc(C)cc(C)c2)CSC3)cc1OC. The summed E-state index contributed by atoms with van der Waals surface area (Å²) in [5.41, 5.74) is 5.86. The first kappa shape index (κ1) is 19.4. The number of nitrogens with one attached hydrogen (secondary N) is 1. The molecule has 0 atom stereocenters. The van der Waals surface area contributed by atoms with Gasteiger partial charge in [0.05, 0.1) is 25.6 Å². The fraction of sp³-hybridized carbons (Fsp3) is 0.273. The van der Waals surface area contributed by atoms with Gasteiger partial charge in [-0.2, -0.15) is 16.9 Å². The molecule has 6 nitrogen and oxygen atoms in total. The molecule has 0 fully saturated rings. The van der Waals surface area contributed by atoms with Crippen molar-refractivity contribution in [3.05, 3.63) is 64.3 Å². The molecular weight excluding hydrogens is 386 g/mol. The van der Waals surface area contributed by atoms with E-state index in [-0.39, 0.29) is 5.91 Å². The summed E-state index contributed by atoms with van der Waals surface area (Å²) in [4.78, 5) is 13.0. The van der Waals surface area contributed by atoms with E-state index in [9.17, 15) is 4.79 Å². The Kier molecular flexibility index (Phi) is 5.24. The fourth-order valence-electron chi connectivity index (χ4n) is 3.56. The number of hydrogen-bond acceptors (Lipinski definition) is 5. The van der Waals surface area contributed by atoms with Crippen LogP contribution in [0, 0.1) is 13.8 Å². The molecule has 0 unspecified atom stereocenters. The number of thioether (sulfide) groups is 1. The van der Waals surface area contributed by atoms with Crippen molar-refractivity contribution in [2.75, 3.05) is 19.5 Å². The molecule has 2 aromatic carbocycles. The van der Waals surface area contributed by atoms with Gasteiger partial charge in [-0.05, 0) is 55.3 Å². The molecule has 0 saturated carbocycles. The summed E-state index contributed by atoms with van der Waals surface area (Å²) in [6, 6.07) is 11.4. The average molecular weight is 410 g/mol. The normalized spacial score (nSPS) is 12.6. The van der Waals surface area contributed by atoms with Crippen LogP contribution in [-0.2, 0) is 11.5 Å². The molecule has 7 heteroatoms. The van der Waals surface area contributed by atoms with E-state index >= 15 is 0 Å². The van der Waals surface area contributed by atoms with Gasteiger partial charge in [0, 0.05) is 22.6 Å². The summed E-state index contributed by atoms with van der Waals surface area (Å²) in [7, 11) is 3.12. The van der Waals surface area contributed by atoms with Crippen LogP contribution in [0.15, 0.2) is 36.4 Å². The standard InChI is InChI=1S/C22H23N3O3S/c1-13-7-14(2)9-16(8-13)25-21(17-11-29-12-18(17)24-25)23-22(26)15-5-6-19(27-3)20(10-15)28-4/h5-10H,11-12H2,1-4H3,(H,23,26). The maximum absolute atomic E-state index is 13.0. The zero-order chi connectivity index (χ0) is 20.5. The van der Waals surface area contributed by atoms with Crippen molar-refractivity contribution >= 4 is 23.5 Å². The van der Waals surface area contributed by atoms with Gasteiger partial charge in [-0.25, -0.2) is 4.68 Å². The Labute approximate surface area is 174 Å². The van der Waals surface area contributed by atoms with E-state index in [1.165, 1.54) is 0 Å². The summed E-state index contributed by atoms with van der Waals surface area (Å²) in [6.07, 6.45) is 0. The molecule has 0 radical (unpaired) electrons. The molecule has 0 bridgehead atoms. The molecule has 29 heavy (non-hydrogen) atoms. The van der Waals surface area contributed by atoms with Crippen LogP contribution in [0.3, 0.4) is 0 Å². The van der Waals surface area contributed by atoms with Gasteiger partial charge in [-0.1, -0.05) is 6.07 Å². The summed E-state index contributed by atoms with van der Waals surface area (Å²) >= 11 is 1.80. The molecule has 1 N–H and O–H groups in total. The molecule has 1 aromatic heterocycles. The number of aryl methyl sites for hydroxylation is 2. The van der Waals surface area contributed by atoms with Crippen molar-refractivity contribution in [1.29, 1.82) is 0 Å². The number of anilines is 1. The van der Waals surface area contributed by atoms with Crippen molar-refractivity contribution in [2.24, 2.45) is 0 Å². The lowest BCUT2D eigenvalue weighted by atomic mass is 10.1. The van der Waals surface area contributed by atoms with Gasteiger partial charge in [0.1, 0.15) is 5.82 Å². The predicted octanol–water partition coefficient (Wildman–Crippen LogP) is 4.51. The minimum Gasteiger partial charge on any atom is -0.493 e. The Balaban J connectivity index is 1.73. The second kappa shape index (κ2) is 7.83. The number of benzene rings is 2. The monoisotopic (exact) mass is 409 g/mol. The number of methoxy groups -OCH3 is 2. The molecule has 2 heterocycles. The lowest BCUT2D eigenvalue weighted by Gasteiger charge is -2.13. The molecule has 0 saturated heterocycles. The third kappa shape index (κ3) is 3.70. The van der Waals surface area contributed by atoms with Crippen LogP contribution >= 0.6 is 11.8 Å². The second-order valence-electron chi connectivity index (χ2n) is 7.05. The quantitative estimate of drug-likeness (QED) is 0.672. The number of carbonyl (C=O) groups is 1. The maximum atomic E-state index is 13.0. The van der Waals surface area contributed by atoms with E-state index < -0.39 is 0 Å². The zero-order valence-electron chi connectivity index (χ0n) is 16.9. The molecular formula is C22H23N3O3S. The van der Waals surface area contributed by atoms with Crippen molar-refractivity contribution in [1.82, 2.24) is 9.78 Å². The maximum Gasteiger partial charge on any atom is 0.256 e. The summed E-state index contributed by atoms with van der Waals surface area (Å²) in [5, 5.41) is 7.87. The second-order valence-corrected chi connectivity index (χ2v) is 8.03. The van der Waals surface area contributed by atoms with Gasteiger partial charge in [-0.3, -0.25) is 4.79 Å². The molecule has 0 aliphatic carbocycles. The summed E-state index contributed by atoms with van der Waals surface area (Å²) in [5.74, 6) is 3.31. The molecule has 1 aliphatic rings. The Hall–Kier alpha value is -2.93. The van der Waals surface area contributed by atoms with Gasteiger partial charge in [0.2, 0.25) is 0 Å². The first-order chi connectivity index (χ1) is 14.0. The molecule has 0 spiro atoms. The Morgan fingerprint density at radius 3 is 2.45 bits per heavy atom. The molecule has 1 aliphatic heterocycles. The summed E-state index contributed by atoms with van der Waals surface area (Å²) < 4.78 is 12.4. The zero-order valence-corrected chi connectivity index (χ0v) is 17.7. The fourth-order valence-corrected chi connectivity index (χ4v) is 4.59. The van der Waals surface area contributed by atoms with E-state index in [0.29, 0.717) is 17.1 Å². The van der Waals surface area contributed by atoms with Crippen molar-refractivity contribution in [2.45, 2.75) is 25.4 Å². The molecule has 150 valence electrons. The van der Waals surface area contributed by atoms with Gasteiger partial charge in [-0.15, -0.1) is 0 Å². The highest BCUT2D eigenvalue weighted by Crippen LogP contribution is 2.37. The minimum atomic E-state index is -0.212. The highest BCUT2D eigenvalue weighted by molar-refractivity contribution is 7.98. The Morgan fingerprint density at radius 2 is 1.76 bits per heavy atom. The number of hydrogen-bond donors (Lipinski definition) is 1. The van der Waals surface area contributed by atoms with Crippen LogP contribution < -0.4 is 14.8 Å². The van der Waals surface area contributed by atoms with Crippen molar-refractivity contribution < 1.29 is 14.3 Å². The third-order valence-electron chi connectivity index (χ3n) is 4.88. The van der Waals surface area contributed by atoms with Crippen LogP contribution in [0.4, 0.5) is 5.82 Å². The largest absolute Gasteiger partial charge is 0.493 e. The number of carbonyl (C=O) groups excluding carboxylic acids is 1. The van der Waals surface area contributed by atoms with E-state index in [2.05, 4.69) is 37.4 Å². The van der Waals surface area contributed by atoms with Crippen LogP contribution in [0.1, 0.15) is 32.7 Å². The Morgan fingerprint density at radius 1 is 1.03 bits per heavy atom. The lowest BCUT2D eigenvalue weighted by molar-refractivity contribution is 0.102. The van der Waals surface area contributed by atoms with Crippen LogP contribution in [0.25, 0.3) is 5.69 Å². The number of aromatic nitrogens is 2. The third-order valence-corrected chi connectivity index (χ3v) is 5.85. The number of ether oxygens (including phenoxy) is 2. The van der Waals surface area contributed by atoms with Crippen molar-refractivity contribution in [3.8, 4) is 17.2 Å². The van der Waals surface area contributed by atoms with Crippen LogP contribution in [0.2, 0.25) is 0 Å². The van der Waals surface area contributed by atoms with Gasteiger partial charge < -0.3 is 14.8 Å². The molecule has 4 rings (SSSR count). The highest BCUT2D eigenvalue weighted by Gasteiger charge is 2.25. The topological polar surface area (TPSA) is 65.4 Å². The number of amides is 1. The van der Waals surface area contributed by atoms with Gasteiger partial charge >= 0.3 is 0 Å². The number of rotatable bonds is 5. The molecule has 3 aromatic rings. The smallest absolute Gasteiger partial charge is 0.256 e. The minimum absolute atomic E-state index is 0.212.